The second kappa shape index (κ2) is 7.13. The third kappa shape index (κ3) is 4.85. The van der Waals surface area contributed by atoms with E-state index in [4.69, 9.17) is 5.11 Å². The summed E-state index contributed by atoms with van der Waals surface area (Å²) in [6.07, 6.45) is 0. The highest BCUT2D eigenvalue weighted by Gasteiger charge is 2.08. The first-order valence-corrected chi connectivity index (χ1v) is 6.25. The third-order valence-corrected chi connectivity index (χ3v) is 2.65. The van der Waals surface area contributed by atoms with Crippen LogP contribution in [0, 0.1) is 0 Å². The van der Waals surface area contributed by atoms with Crippen LogP contribution in [0.15, 0.2) is 24.3 Å². The van der Waals surface area contributed by atoms with Gasteiger partial charge < -0.3 is 15.7 Å². The third-order valence-electron chi connectivity index (χ3n) is 2.65. The quantitative estimate of drug-likeness (QED) is 0.714. The van der Waals surface area contributed by atoms with Crippen LogP contribution >= 0.6 is 0 Å². The van der Waals surface area contributed by atoms with Crippen LogP contribution in [-0.2, 0) is 11.4 Å². The smallest absolute Gasteiger partial charge is 0.234 e. The molecule has 0 fully saturated rings. The van der Waals surface area contributed by atoms with Crippen molar-refractivity contribution >= 4 is 5.91 Å². The molecule has 0 heterocycles. The number of hydrogen-bond donors (Lipinski definition) is 3. The van der Waals surface area contributed by atoms with Gasteiger partial charge in [-0.25, -0.2) is 0 Å². The molecule has 4 nitrogen and oxygen atoms in total. The molecule has 1 aromatic rings. The Labute approximate surface area is 108 Å². The van der Waals surface area contributed by atoms with Crippen LogP contribution < -0.4 is 10.6 Å². The van der Waals surface area contributed by atoms with Crippen molar-refractivity contribution in [1.29, 1.82) is 0 Å². The van der Waals surface area contributed by atoms with Crippen LogP contribution in [0.2, 0.25) is 0 Å². The van der Waals surface area contributed by atoms with Crippen molar-refractivity contribution < 1.29 is 9.90 Å². The van der Waals surface area contributed by atoms with E-state index in [9.17, 15) is 4.79 Å². The number of benzene rings is 1. The average Bonchev–Trinajstić information content (AvgIpc) is 2.35. The summed E-state index contributed by atoms with van der Waals surface area (Å²) >= 11 is 0. The Morgan fingerprint density at radius 2 is 2.06 bits per heavy atom. The lowest BCUT2D eigenvalue weighted by Gasteiger charge is -2.15. The zero-order chi connectivity index (χ0) is 13.5. The Morgan fingerprint density at radius 3 is 2.67 bits per heavy atom. The van der Waals surface area contributed by atoms with Crippen molar-refractivity contribution in [3.63, 3.8) is 0 Å². The molecular weight excluding hydrogens is 228 g/mol. The van der Waals surface area contributed by atoms with Gasteiger partial charge in [0.05, 0.1) is 13.2 Å². The molecule has 18 heavy (non-hydrogen) atoms. The highest BCUT2D eigenvalue weighted by atomic mass is 16.3. The van der Waals surface area contributed by atoms with Crippen LogP contribution in [0.5, 0.6) is 0 Å². The van der Waals surface area contributed by atoms with E-state index in [2.05, 4.69) is 10.6 Å². The van der Waals surface area contributed by atoms with Crippen molar-refractivity contribution in [2.45, 2.75) is 39.5 Å². The number of aliphatic hydroxyl groups excluding tert-OH is 1. The highest BCUT2D eigenvalue weighted by Crippen LogP contribution is 2.13. The first-order chi connectivity index (χ1) is 8.52. The normalized spacial score (nSPS) is 12.5. The molecule has 0 saturated heterocycles. The number of amides is 1. The number of rotatable bonds is 6. The Bertz CT molecular complexity index is 391. The van der Waals surface area contributed by atoms with E-state index in [0.717, 1.165) is 11.1 Å². The van der Waals surface area contributed by atoms with E-state index in [0.29, 0.717) is 6.54 Å². The molecule has 4 heteroatoms. The zero-order valence-corrected chi connectivity index (χ0v) is 11.2. The molecule has 0 spiro atoms. The summed E-state index contributed by atoms with van der Waals surface area (Å²) in [5.74, 6) is -0.00448. The first kappa shape index (κ1) is 14.7. The monoisotopic (exact) mass is 250 g/mol. The van der Waals surface area contributed by atoms with E-state index in [1.807, 2.05) is 45.0 Å². The van der Waals surface area contributed by atoms with E-state index < -0.39 is 0 Å². The molecule has 1 aromatic carbocycles. The maximum Gasteiger partial charge on any atom is 0.234 e. The molecule has 1 atom stereocenters. The predicted octanol–water partition coefficient (Wildman–Crippen LogP) is 1.35. The minimum absolute atomic E-state index is 0.00448. The van der Waals surface area contributed by atoms with E-state index in [1.54, 1.807) is 0 Å². The van der Waals surface area contributed by atoms with Crippen LogP contribution in [0.3, 0.4) is 0 Å². The number of carbonyl (C=O) groups excluding carboxylic acids is 1. The Kier molecular flexibility index (Phi) is 5.82. The molecule has 100 valence electrons. The molecule has 0 aromatic heterocycles. The molecule has 0 aliphatic carbocycles. The summed E-state index contributed by atoms with van der Waals surface area (Å²) in [6.45, 7) is 6.20. The minimum Gasteiger partial charge on any atom is -0.392 e. The second-order valence-electron chi connectivity index (χ2n) is 4.73. The fourth-order valence-electron chi connectivity index (χ4n) is 1.70. The number of hydrogen-bond acceptors (Lipinski definition) is 3. The van der Waals surface area contributed by atoms with E-state index in [1.165, 1.54) is 0 Å². The van der Waals surface area contributed by atoms with E-state index >= 15 is 0 Å². The molecule has 3 N–H and O–H groups in total. The molecule has 0 bridgehead atoms. The maximum absolute atomic E-state index is 11.5. The molecule has 0 aliphatic heterocycles. The Morgan fingerprint density at radius 1 is 1.33 bits per heavy atom. The Hall–Kier alpha value is -1.39. The van der Waals surface area contributed by atoms with Crippen LogP contribution in [0.25, 0.3) is 0 Å². The summed E-state index contributed by atoms with van der Waals surface area (Å²) in [5, 5.41) is 15.1. The zero-order valence-electron chi connectivity index (χ0n) is 11.2. The van der Waals surface area contributed by atoms with Gasteiger partial charge in [0.15, 0.2) is 0 Å². The first-order valence-electron chi connectivity index (χ1n) is 6.25. The summed E-state index contributed by atoms with van der Waals surface area (Å²) in [6, 6.07) is 7.95. The van der Waals surface area contributed by atoms with Gasteiger partial charge in [-0.05, 0) is 31.9 Å². The fraction of sp³-hybridized carbons (Fsp3) is 0.500. The molecule has 1 amide bonds. The average molecular weight is 250 g/mol. The summed E-state index contributed by atoms with van der Waals surface area (Å²) in [5.41, 5.74) is 1.95. The van der Waals surface area contributed by atoms with Gasteiger partial charge in [0.2, 0.25) is 5.91 Å². The van der Waals surface area contributed by atoms with Gasteiger partial charge in [-0.15, -0.1) is 0 Å². The largest absolute Gasteiger partial charge is 0.392 e. The SMILES string of the molecule is CC(C)NC(=O)CNC(C)c1cccc(CO)c1. The molecular formula is C14H22N2O2. The van der Waals surface area contributed by atoms with Crippen LogP contribution in [-0.4, -0.2) is 23.6 Å². The minimum atomic E-state index is -0.00448. The molecule has 0 radical (unpaired) electrons. The number of aliphatic hydroxyl groups is 1. The number of carbonyl (C=O) groups is 1. The predicted molar refractivity (Wildman–Crippen MR) is 72.1 cm³/mol. The van der Waals surface area contributed by atoms with Gasteiger partial charge in [0.25, 0.3) is 0 Å². The van der Waals surface area contributed by atoms with Crippen molar-refractivity contribution in [3.8, 4) is 0 Å². The van der Waals surface area contributed by atoms with Gasteiger partial charge in [-0.2, -0.15) is 0 Å². The molecule has 0 saturated carbocycles. The topological polar surface area (TPSA) is 61.4 Å². The summed E-state index contributed by atoms with van der Waals surface area (Å²) < 4.78 is 0. The van der Waals surface area contributed by atoms with Gasteiger partial charge in [0, 0.05) is 12.1 Å². The molecule has 1 unspecified atom stereocenters. The van der Waals surface area contributed by atoms with Gasteiger partial charge in [-0.1, -0.05) is 24.3 Å². The molecule has 0 aliphatic rings. The lowest BCUT2D eigenvalue weighted by atomic mass is 10.1. The fourth-order valence-corrected chi connectivity index (χ4v) is 1.70. The van der Waals surface area contributed by atoms with Crippen molar-refractivity contribution in [2.75, 3.05) is 6.54 Å². The van der Waals surface area contributed by atoms with Gasteiger partial charge >= 0.3 is 0 Å². The van der Waals surface area contributed by atoms with Crippen molar-refractivity contribution in [2.24, 2.45) is 0 Å². The van der Waals surface area contributed by atoms with Crippen LogP contribution in [0.1, 0.15) is 37.9 Å². The van der Waals surface area contributed by atoms with Crippen molar-refractivity contribution in [1.82, 2.24) is 10.6 Å². The lowest BCUT2D eigenvalue weighted by molar-refractivity contribution is -0.120. The standard InChI is InChI=1S/C14H22N2O2/c1-10(2)16-14(18)8-15-11(3)13-6-4-5-12(7-13)9-17/h4-7,10-11,15,17H,8-9H2,1-3H3,(H,16,18). The highest BCUT2D eigenvalue weighted by molar-refractivity contribution is 5.78. The van der Waals surface area contributed by atoms with Gasteiger partial charge in [0.1, 0.15) is 0 Å². The summed E-state index contributed by atoms with van der Waals surface area (Å²) in [4.78, 5) is 11.5. The number of nitrogens with one attached hydrogen (secondary N) is 2. The van der Waals surface area contributed by atoms with E-state index in [-0.39, 0.29) is 24.6 Å². The van der Waals surface area contributed by atoms with Gasteiger partial charge in [-0.3, -0.25) is 4.79 Å². The lowest BCUT2D eigenvalue weighted by Crippen LogP contribution is -2.38. The van der Waals surface area contributed by atoms with Crippen molar-refractivity contribution in [3.05, 3.63) is 35.4 Å². The molecule has 1 rings (SSSR count). The summed E-state index contributed by atoms with van der Waals surface area (Å²) in [7, 11) is 0. The van der Waals surface area contributed by atoms with Crippen LogP contribution in [0.4, 0.5) is 0 Å². The maximum atomic E-state index is 11.5. The second-order valence-corrected chi connectivity index (χ2v) is 4.73. The Balaban J connectivity index is 2.49.